The number of Topliss-reactive ketones (excluding diaryl/α,β-unsaturated/α-hetero) is 1. The molecule has 0 bridgehead atoms. The second-order valence-corrected chi connectivity index (χ2v) is 5.56. The number of hydrogen-bond acceptors (Lipinski definition) is 3. The molecule has 0 saturated heterocycles. The highest BCUT2D eigenvalue weighted by atomic mass is 16.6. The van der Waals surface area contributed by atoms with E-state index in [4.69, 9.17) is 4.74 Å². The Labute approximate surface area is 96.5 Å². The van der Waals surface area contributed by atoms with Gasteiger partial charge in [0.05, 0.1) is 5.92 Å². The molecule has 2 atom stereocenters. The van der Waals surface area contributed by atoms with E-state index in [-0.39, 0.29) is 23.4 Å². The first-order valence-corrected chi connectivity index (χ1v) is 6.26. The molecule has 3 nitrogen and oxygen atoms in total. The van der Waals surface area contributed by atoms with Crippen molar-refractivity contribution in [3.8, 4) is 0 Å². The number of hydrogen-bond donors (Lipinski definition) is 0. The van der Waals surface area contributed by atoms with Crippen LogP contribution in [0.25, 0.3) is 0 Å². The Morgan fingerprint density at radius 1 is 1.44 bits per heavy atom. The minimum Gasteiger partial charge on any atom is -0.459 e. The van der Waals surface area contributed by atoms with Crippen LogP contribution >= 0.6 is 0 Å². The molecule has 2 rings (SSSR count). The molecular formula is C13H20O3. The second kappa shape index (κ2) is 4.19. The summed E-state index contributed by atoms with van der Waals surface area (Å²) >= 11 is 0. The molecule has 0 radical (unpaired) electrons. The Morgan fingerprint density at radius 3 is 2.62 bits per heavy atom. The molecule has 2 saturated carbocycles. The second-order valence-electron chi connectivity index (χ2n) is 5.56. The van der Waals surface area contributed by atoms with Crippen LogP contribution in [0.15, 0.2) is 0 Å². The lowest BCUT2D eigenvalue weighted by Gasteiger charge is -2.39. The van der Waals surface area contributed by atoms with Crippen molar-refractivity contribution < 1.29 is 14.3 Å². The molecule has 0 aromatic rings. The van der Waals surface area contributed by atoms with Gasteiger partial charge in [0, 0.05) is 12.3 Å². The maximum atomic E-state index is 11.9. The van der Waals surface area contributed by atoms with E-state index in [1.165, 1.54) is 0 Å². The molecule has 0 N–H and O–H groups in total. The van der Waals surface area contributed by atoms with Crippen molar-refractivity contribution in [2.24, 2.45) is 11.8 Å². The highest BCUT2D eigenvalue weighted by molar-refractivity contribution is 5.84. The van der Waals surface area contributed by atoms with Gasteiger partial charge in [0.25, 0.3) is 0 Å². The fourth-order valence-electron chi connectivity index (χ4n) is 2.56. The first kappa shape index (κ1) is 11.6. The van der Waals surface area contributed by atoms with Gasteiger partial charge in [-0.2, -0.15) is 0 Å². The fourth-order valence-corrected chi connectivity index (χ4v) is 2.56. The number of rotatable bonds is 2. The average Bonchev–Trinajstić information content (AvgIpc) is 2.19. The molecule has 2 aliphatic carbocycles. The summed E-state index contributed by atoms with van der Waals surface area (Å²) in [6.45, 7) is 3.92. The van der Waals surface area contributed by atoms with Gasteiger partial charge >= 0.3 is 5.97 Å². The summed E-state index contributed by atoms with van der Waals surface area (Å²) in [7, 11) is 0. The zero-order valence-electron chi connectivity index (χ0n) is 10.1. The summed E-state index contributed by atoms with van der Waals surface area (Å²) in [5.41, 5.74) is -0.207. The zero-order chi connectivity index (χ0) is 11.8. The highest BCUT2D eigenvalue weighted by Gasteiger charge is 2.39. The summed E-state index contributed by atoms with van der Waals surface area (Å²) in [6.07, 6.45) is 5.02. The van der Waals surface area contributed by atoms with E-state index in [9.17, 15) is 9.59 Å². The molecule has 0 amide bonds. The first-order valence-electron chi connectivity index (χ1n) is 6.26. The molecule has 2 fully saturated rings. The SMILES string of the molecule is C[C@H]1C[C@H](C(=O)OC2(C)CCC2)CCC1=O. The summed E-state index contributed by atoms with van der Waals surface area (Å²) in [4.78, 5) is 23.3. The standard InChI is InChI=1S/C13H20O3/c1-9-8-10(4-5-11(9)14)12(15)16-13(2)6-3-7-13/h9-10H,3-8H2,1-2H3/t9-,10+/m0/s1. The third kappa shape index (κ3) is 2.28. The number of carbonyl (C=O) groups is 2. The lowest BCUT2D eigenvalue weighted by Crippen LogP contribution is -2.41. The lowest BCUT2D eigenvalue weighted by atomic mass is 9.80. The van der Waals surface area contributed by atoms with E-state index < -0.39 is 0 Å². The van der Waals surface area contributed by atoms with E-state index in [0.29, 0.717) is 25.0 Å². The van der Waals surface area contributed by atoms with Crippen molar-refractivity contribution in [2.45, 2.75) is 58.0 Å². The number of ketones is 1. The Hall–Kier alpha value is -0.860. The monoisotopic (exact) mass is 224 g/mol. The van der Waals surface area contributed by atoms with Crippen LogP contribution in [-0.4, -0.2) is 17.4 Å². The summed E-state index contributed by atoms with van der Waals surface area (Å²) in [6, 6.07) is 0. The van der Waals surface area contributed by atoms with Gasteiger partial charge in [0.15, 0.2) is 0 Å². The van der Waals surface area contributed by atoms with E-state index in [2.05, 4.69) is 0 Å². The number of carbonyl (C=O) groups excluding carboxylic acids is 2. The third-order valence-corrected chi connectivity index (χ3v) is 4.02. The molecule has 2 aliphatic rings. The molecule has 0 aromatic carbocycles. The summed E-state index contributed by atoms with van der Waals surface area (Å²) in [5, 5.41) is 0. The van der Waals surface area contributed by atoms with Crippen LogP contribution in [0.2, 0.25) is 0 Å². The molecule has 0 aromatic heterocycles. The van der Waals surface area contributed by atoms with E-state index in [1.54, 1.807) is 0 Å². The van der Waals surface area contributed by atoms with Gasteiger partial charge in [-0.1, -0.05) is 6.92 Å². The van der Waals surface area contributed by atoms with E-state index >= 15 is 0 Å². The largest absolute Gasteiger partial charge is 0.459 e. The Morgan fingerprint density at radius 2 is 2.12 bits per heavy atom. The molecule has 16 heavy (non-hydrogen) atoms. The van der Waals surface area contributed by atoms with Gasteiger partial charge in [-0.3, -0.25) is 9.59 Å². The number of ether oxygens (including phenoxy) is 1. The molecule has 0 heterocycles. The lowest BCUT2D eigenvalue weighted by molar-refractivity contribution is -0.173. The maximum Gasteiger partial charge on any atom is 0.309 e. The fraction of sp³-hybridized carbons (Fsp3) is 0.846. The minimum atomic E-state index is -0.207. The first-order chi connectivity index (χ1) is 7.50. The van der Waals surface area contributed by atoms with Crippen LogP contribution in [0.4, 0.5) is 0 Å². The molecular weight excluding hydrogens is 204 g/mol. The van der Waals surface area contributed by atoms with Crippen LogP contribution in [0.3, 0.4) is 0 Å². The Balaban J connectivity index is 1.87. The van der Waals surface area contributed by atoms with Gasteiger partial charge in [-0.15, -0.1) is 0 Å². The van der Waals surface area contributed by atoms with Crippen molar-refractivity contribution >= 4 is 11.8 Å². The molecule has 3 heteroatoms. The van der Waals surface area contributed by atoms with Crippen LogP contribution in [0.5, 0.6) is 0 Å². The Kier molecular flexibility index (Phi) is 3.04. The molecule has 0 unspecified atom stereocenters. The summed E-state index contributed by atoms with van der Waals surface area (Å²) < 4.78 is 5.55. The third-order valence-electron chi connectivity index (χ3n) is 4.02. The predicted octanol–water partition coefficient (Wildman–Crippen LogP) is 2.48. The van der Waals surface area contributed by atoms with Crippen molar-refractivity contribution in [1.29, 1.82) is 0 Å². The molecule has 90 valence electrons. The van der Waals surface area contributed by atoms with Crippen LogP contribution in [-0.2, 0) is 14.3 Å². The van der Waals surface area contributed by atoms with Gasteiger partial charge in [-0.25, -0.2) is 0 Å². The topological polar surface area (TPSA) is 43.4 Å². The van der Waals surface area contributed by atoms with Gasteiger partial charge < -0.3 is 4.74 Å². The van der Waals surface area contributed by atoms with Crippen molar-refractivity contribution in [3.63, 3.8) is 0 Å². The van der Waals surface area contributed by atoms with Gasteiger partial charge in [-0.05, 0) is 39.0 Å². The summed E-state index contributed by atoms with van der Waals surface area (Å²) in [5.74, 6) is 0.186. The van der Waals surface area contributed by atoms with Crippen molar-refractivity contribution in [2.75, 3.05) is 0 Å². The maximum absolute atomic E-state index is 11.9. The predicted molar refractivity (Wildman–Crippen MR) is 59.9 cm³/mol. The zero-order valence-corrected chi connectivity index (χ0v) is 10.1. The highest BCUT2D eigenvalue weighted by Crippen LogP contribution is 2.37. The van der Waals surface area contributed by atoms with E-state index in [1.807, 2.05) is 13.8 Å². The smallest absolute Gasteiger partial charge is 0.309 e. The van der Waals surface area contributed by atoms with Crippen LogP contribution in [0, 0.1) is 11.8 Å². The average molecular weight is 224 g/mol. The normalized spacial score (nSPS) is 33.0. The quantitative estimate of drug-likeness (QED) is 0.677. The van der Waals surface area contributed by atoms with Crippen molar-refractivity contribution in [3.05, 3.63) is 0 Å². The van der Waals surface area contributed by atoms with Crippen molar-refractivity contribution in [1.82, 2.24) is 0 Å². The minimum absolute atomic E-state index is 0.0282. The Bertz CT molecular complexity index is 304. The van der Waals surface area contributed by atoms with Crippen LogP contribution in [0.1, 0.15) is 52.4 Å². The number of esters is 1. The van der Waals surface area contributed by atoms with E-state index in [0.717, 1.165) is 19.3 Å². The van der Waals surface area contributed by atoms with Crippen LogP contribution < -0.4 is 0 Å². The van der Waals surface area contributed by atoms with Gasteiger partial charge in [0.1, 0.15) is 11.4 Å². The molecule has 0 spiro atoms. The van der Waals surface area contributed by atoms with Gasteiger partial charge in [0.2, 0.25) is 0 Å². The molecule has 0 aliphatic heterocycles.